The normalized spacial score (nSPS) is 18.8. The fraction of sp³-hybridized carbons (Fsp3) is 0.444. The van der Waals surface area contributed by atoms with E-state index in [1.54, 1.807) is 19.2 Å². The number of pyridine rings is 1. The summed E-state index contributed by atoms with van der Waals surface area (Å²) in [5.41, 5.74) is 0.497. The van der Waals surface area contributed by atoms with Gasteiger partial charge in [0, 0.05) is 6.20 Å². The second-order valence-corrected chi connectivity index (χ2v) is 6.98. The number of benzene rings is 1. The molecular weight excluding hydrogens is 305 g/mol. The molecule has 0 radical (unpaired) electrons. The van der Waals surface area contributed by atoms with Crippen LogP contribution in [-0.2, 0) is 14.0 Å². The van der Waals surface area contributed by atoms with Crippen molar-refractivity contribution in [2.75, 3.05) is 6.61 Å². The zero-order valence-corrected chi connectivity index (χ0v) is 14.8. The van der Waals surface area contributed by atoms with E-state index >= 15 is 0 Å². The lowest BCUT2D eigenvalue weighted by Gasteiger charge is -2.32. The predicted octanol–water partition coefficient (Wildman–Crippen LogP) is 2.71. The second kappa shape index (κ2) is 5.86. The maximum atomic E-state index is 11.8. The second-order valence-electron chi connectivity index (χ2n) is 6.98. The molecule has 0 atom stereocenters. The summed E-state index contributed by atoms with van der Waals surface area (Å²) < 4.78 is 17.1. The molecule has 1 saturated heterocycles. The molecule has 0 amide bonds. The van der Waals surface area contributed by atoms with Crippen molar-refractivity contribution in [3.8, 4) is 0 Å². The van der Waals surface area contributed by atoms with Gasteiger partial charge in [0.05, 0.1) is 17.8 Å². The van der Waals surface area contributed by atoms with Gasteiger partial charge in [-0.2, -0.15) is 0 Å². The van der Waals surface area contributed by atoms with Gasteiger partial charge in [0.25, 0.3) is 0 Å². The summed E-state index contributed by atoms with van der Waals surface area (Å²) in [7, 11) is -0.413. The Morgan fingerprint density at radius 2 is 1.79 bits per heavy atom. The van der Waals surface area contributed by atoms with E-state index in [0.29, 0.717) is 12.3 Å². The van der Waals surface area contributed by atoms with Crippen LogP contribution in [0.5, 0.6) is 0 Å². The maximum absolute atomic E-state index is 11.8. The highest BCUT2D eigenvalue weighted by Gasteiger charge is 2.51. The smallest absolute Gasteiger partial charge is 0.461 e. The molecule has 1 aromatic carbocycles. The molecule has 1 aliphatic rings. The maximum Gasteiger partial charge on any atom is 0.494 e. The third-order valence-corrected chi connectivity index (χ3v) is 4.76. The fourth-order valence-electron chi connectivity index (χ4n) is 2.60. The first-order valence-electron chi connectivity index (χ1n) is 8.16. The number of fused-ring (bicyclic) bond motifs is 1. The van der Waals surface area contributed by atoms with Gasteiger partial charge in [-0.1, -0.05) is 18.2 Å². The van der Waals surface area contributed by atoms with Crippen molar-refractivity contribution >= 4 is 29.3 Å². The average Bonchev–Trinajstić information content (AvgIpc) is 2.74. The number of hydrogen-bond acceptors (Lipinski definition) is 5. The molecule has 5 nitrogen and oxygen atoms in total. The van der Waals surface area contributed by atoms with E-state index in [2.05, 4.69) is 4.98 Å². The SMILES string of the molecule is CCOC(=O)c1cc2ccc(B3OC(C)(C)C(C)(C)O3)cc2cn1. The highest BCUT2D eigenvalue weighted by molar-refractivity contribution is 6.62. The molecule has 0 bridgehead atoms. The Bertz CT molecular complexity index is 772. The summed E-state index contributed by atoms with van der Waals surface area (Å²) in [6.07, 6.45) is 1.68. The van der Waals surface area contributed by atoms with Gasteiger partial charge < -0.3 is 14.0 Å². The minimum Gasteiger partial charge on any atom is -0.461 e. The molecule has 0 unspecified atom stereocenters. The molecule has 2 heterocycles. The lowest BCUT2D eigenvalue weighted by molar-refractivity contribution is 0.00578. The van der Waals surface area contributed by atoms with Crippen LogP contribution >= 0.6 is 0 Å². The zero-order valence-electron chi connectivity index (χ0n) is 14.8. The standard InChI is InChI=1S/C18H22BNO4/c1-6-22-16(21)15-10-12-7-8-14(9-13(12)11-20-15)19-23-17(2,3)18(4,5)24-19/h7-11H,6H2,1-5H3. The molecule has 0 N–H and O–H groups in total. The van der Waals surface area contributed by atoms with Crippen LogP contribution in [0.15, 0.2) is 30.5 Å². The molecular formula is C18H22BNO4. The lowest BCUT2D eigenvalue weighted by Crippen LogP contribution is -2.41. The summed E-state index contributed by atoms with van der Waals surface area (Å²) in [5, 5.41) is 1.85. The molecule has 0 saturated carbocycles. The lowest BCUT2D eigenvalue weighted by atomic mass is 9.78. The van der Waals surface area contributed by atoms with Crippen molar-refractivity contribution < 1.29 is 18.8 Å². The Balaban J connectivity index is 1.90. The van der Waals surface area contributed by atoms with Crippen LogP contribution in [0.3, 0.4) is 0 Å². The van der Waals surface area contributed by atoms with Gasteiger partial charge in [-0.25, -0.2) is 9.78 Å². The average molecular weight is 327 g/mol. The minimum atomic E-state index is -0.413. The van der Waals surface area contributed by atoms with Crippen molar-refractivity contribution in [1.29, 1.82) is 0 Å². The number of nitrogens with zero attached hydrogens (tertiary/aromatic N) is 1. The van der Waals surface area contributed by atoms with E-state index in [9.17, 15) is 4.79 Å². The highest BCUT2D eigenvalue weighted by atomic mass is 16.7. The largest absolute Gasteiger partial charge is 0.494 e. The number of esters is 1. The van der Waals surface area contributed by atoms with Crippen LogP contribution in [0.25, 0.3) is 10.8 Å². The summed E-state index contributed by atoms with van der Waals surface area (Å²) in [6, 6.07) is 7.63. The van der Waals surface area contributed by atoms with E-state index < -0.39 is 13.1 Å². The predicted molar refractivity (Wildman–Crippen MR) is 93.4 cm³/mol. The van der Waals surface area contributed by atoms with Crippen LogP contribution < -0.4 is 5.46 Å². The first-order chi connectivity index (χ1) is 11.2. The van der Waals surface area contributed by atoms with Crippen molar-refractivity contribution in [2.24, 2.45) is 0 Å². The molecule has 2 aromatic rings. The van der Waals surface area contributed by atoms with Gasteiger partial charge >= 0.3 is 13.1 Å². The third-order valence-electron chi connectivity index (χ3n) is 4.76. The van der Waals surface area contributed by atoms with Gasteiger partial charge in [-0.15, -0.1) is 0 Å². The van der Waals surface area contributed by atoms with E-state index in [4.69, 9.17) is 14.0 Å². The Hall–Kier alpha value is -1.92. The first-order valence-corrected chi connectivity index (χ1v) is 8.16. The molecule has 0 aliphatic carbocycles. The van der Waals surface area contributed by atoms with Crippen LogP contribution in [-0.4, -0.2) is 35.9 Å². The molecule has 1 aromatic heterocycles. The van der Waals surface area contributed by atoms with Crippen molar-refractivity contribution in [3.63, 3.8) is 0 Å². The van der Waals surface area contributed by atoms with Gasteiger partial charge in [0.2, 0.25) is 0 Å². The van der Waals surface area contributed by atoms with Crippen molar-refractivity contribution in [2.45, 2.75) is 45.8 Å². The number of rotatable bonds is 3. The Morgan fingerprint density at radius 3 is 2.42 bits per heavy atom. The molecule has 1 aliphatic heterocycles. The van der Waals surface area contributed by atoms with E-state index in [0.717, 1.165) is 16.2 Å². The summed E-state index contributed by atoms with van der Waals surface area (Å²) in [6.45, 7) is 10.2. The van der Waals surface area contributed by atoms with Gasteiger partial charge in [-0.3, -0.25) is 0 Å². The number of aromatic nitrogens is 1. The molecule has 6 heteroatoms. The molecule has 24 heavy (non-hydrogen) atoms. The molecule has 1 fully saturated rings. The van der Waals surface area contributed by atoms with Crippen LogP contribution in [0.4, 0.5) is 0 Å². The van der Waals surface area contributed by atoms with Crippen molar-refractivity contribution in [3.05, 3.63) is 36.2 Å². The topological polar surface area (TPSA) is 57.7 Å². The van der Waals surface area contributed by atoms with Gasteiger partial charge in [0.15, 0.2) is 0 Å². The van der Waals surface area contributed by atoms with Gasteiger partial charge in [-0.05, 0) is 56.9 Å². The summed E-state index contributed by atoms with van der Waals surface area (Å²) in [5.74, 6) is -0.408. The fourth-order valence-corrected chi connectivity index (χ4v) is 2.60. The first kappa shape index (κ1) is 16.9. The number of carbonyl (C=O) groups excluding carboxylic acids is 1. The monoisotopic (exact) mass is 327 g/mol. The van der Waals surface area contributed by atoms with Crippen molar-refractivity contribution in [1.82, 2.24) is 4.98 Å². The van der Waals surface area contributed by atoms with Crippen LogP contribution in [0.2, 0.25) is 0 Å². The van der Waals surface area contributed by atoms with Crippen LogP contribution in [0.1, 0.15) is 45.1 Å². The number of hydrogen-bond donors (Lipinski definition) is 0. The van der Waals surface area contributed by atoms with Crippen LogP contribution in [0, 0.1) is 0 Å². The van der Waals surface area contributed by atoms with Gasteiger partial charge in [0.1, 0.15) is 5.69 Å². The Labute approximate surface area is 142 Å². The number of carbonyl (C=O) groups is 1. The molecule has 3 rings (SSSR count). The highest BCUT2D eigenvalue weighted by Crippen LogP contribution is 2.36. The van der Waals surface area contributed by atoms with E-state index in [1.807, 2.05) is 45.9 Å². The Kier molecular flexibility index (Phi) is 4.14. The summed E-state index contributed by atoms with van der Waals surface area (Å²) in [4.78, 5) is 16.0. The zero-order chi connectivity index (χ0) is 17.5. The number of ether oxygens (including phenoxy) is 1. The summed E-state index contributed by atoms with van der Waals surface area (Å²) >= 11 is 0. The third kappa shape index (κ3) is 2.92. The quantitative estimate of drug-likeness (QED) is 0.641. The molecule has 0 spiro atoms. The van der Waals surface area contributed by atoms with E-state index in [1.165, 1.54) is 0 Å². The minimum absolute atomic E-state index is 0.313. The van der Waals surface area contributed by atoms with E-state index in [-0.39, 0.29) is 11.2 Å². The Morgan fingerprint density at radius 1 is 1.12 bits per heavy atom. The molecule has 126 valence electrons.